The average Bonchev–Trinajstić information content (AvgIpc) is 3.05. The van der Waals surface area contributed by atoms with Crippen molar-refractivity contribution in [3.8, 4) is 0 Å². The van der Waals surface area contributed by atoms with Gasteiger partial charge in [-0.15, -0.1) is 11.3 Å². The zero-order valence-electron chi connectivity index (χ0n) is 12.2. The molecule has 2 bridgehead atoms. The smallest absolute Gasteiger partial charge is 0.264 e. The molecule has 2 aliphatic rings. The van der Waals surface area contributed by atoms with Gasteiger partial charge in [0.1, 0.15) is 4.83 Å². The molecule has 1 N–H and O–H groups in total. The third-order valence-corrected chi connectivity index (χ3v) is 6.04. The van der Waals surface area contributed by atoms with Crippen LogP contribution in [0.3, 0.4) is 0 Å². The van der Waals surface area contributed by atoms with Gasteiger partial charge in [0, 0.05) is 24.5 Å². The molecule has 2 aromatic rings. The number of piperidine rings is 1. The molecule has 0 aromatic carbocycles. The second-order valence-corrected chi connectivity index (χ2v) is 7.29. The second-order valence-electron chi connectivity index (χ2n) is 6.26. The third-order valence-electron chi connectivity index (χ3n) is 4.85. The van der Waals surface area contributed by atoms with Gasteiger partial charge in [-0.1, -0.05) is 0 Å². The van der Waals surface area contributed by atoms with Crippen molar-refractivity contribution < 1.29 is 9.90 Å². The number of hydrogen-bond acceptors (Lipinski definition) is 4. The monoisotopic (exact) mass is 305 g/mol. The van der Waals surface area contributed by atoms with Gasteiger partial charge < -0.3 is 10.0 Å². The Morgan fingerprint density at radius 2 is 2.05 bits per heavy atom. The maximum absolute atomic E-state index is 12.9. The van der Waals surface area contributed by atoms with Crippen molar-refractivity contribution in [2.75, 3.05) is 0 Å². The largest absolute Gasteiger partial charge is 0.393 e. The first-order chi connectivity index (χ1) is 10.0. The van der Waals surface area contributed by atoms with E-state index in [0.717, 1.165) is 46.5 Å². The van der Waals surface area contributed by atoms with Gasteiger partial charge in [-0.05, 0) is 38.7 Å². The molecule has 0 spiro atoms. The summed E-state index contributed by atoms with van der Waals surface area (Å²) in [5.41, 5.74) is 0.972. The molecule has 4 rings (SSSR count). The minimum absolute atomic E-state index is 0.134. The Morgan fingerprint density at radius 1 is 1.38 bits per heavy atom. The molecule has 2 aromatic heterocycles. The first kappa shape index (κ1) is 13.3. The van der Waals surface area contributed by atoms with Crippen molar-refractivity contribution >= 4 is 27.5 Å². The number of rotatable bonds is 1. The highest BCUT2D eigenvalue weighted by molar-refractivity contribution is 7.20. The number of carbonyl (C=O) groups excluding carboxylic acids is 1. The van der Waals surface area contributed by atoms with Crippen LogP contribution < -0.4 is 0 Å². The highest BCUT2D eigenvalue weighted by Crippen LogP contribution is 2.38. The Labute approximate surface area is 127 Å². The van der Waals surface area contributed by atoms with Gasteiger partial charge in [-0.3, -0.25) is 9.48 Å². The van der Waals surface area contributed by atoms with E-state index < -0.39 is 0 Å². The van der Waals surface area contributed by atoms with Crippen LogP contribution >= 0.6 is 11.3 Å². The molecule has 6 heteroatoms. The molecule has 0 saturated carbocycles. The Bertz CT molecular complexity index is 671. The quantitative estimate of drug-likeness (QED) is 0.877. The summed E-state index contributed by atoms with van der Waals surface area (Å²) in [5.74, 6) is 0.134. The van der Waals surface area contributed by atoms with Crippen LogP contribution in [0.1, 0.15) is 41.0 Å². The number of nitrogens with zero attached hydrogens (tertiary/aromatic N) is 3. The number of aliphatic hydroxyl groups excluding tert-OH is 1. The van der Waals surface area contributed by atoms with E-state index in [-0.39, 0.29) is 24.1 Å². The number of aromatic nitrogens is 2. The van der Waals surface area contributed by atoms with Gasteiger partial charge in [0.25, 0.3) is 5.91 Å². The lowest BCUT2D eigenvalue weighted by atomic mass is 9.99. The number of aryl methyl sites for hydroxylation is 2. The second kappa shape index (κ2) is 4.55. The predicted octanol–water partition coefficient (Wildman–Crippen LogP) is 2.07. The minimum Gasteiger partial charge on any atom is -0.393 e. The van der Waals surface area contributed by atoms with E-state index in [1.165, 1.54) is 11.3 Å². The number of fused-ring (bicyclic) bond motifs is 3. The summed E-state index contributed by atoms with van der Waals surface area (Å²) in [6.45, 7) is 1.98. The van der Waals surface area contributed by atoms with Gasteiger partial charge in [0.05, 0.1) is 16.7 Å². The zero-order valence-corrected chi connectivity index (χ0v) is 13.1. The number of carbonyl (C=O) groups is 1. The van der Waals surface area contributed by atoms with Crippen LogP contribution in [0.2, 0.25) is 0 Å². The highest BCUT2D eigenvalue weighted by Gasteiger charge is 2.43. The standard InChI is InChI=1S/C15H19N3O2S/c1-8-12-7-13(21-15(12)17(2)16-8)14(20)18-9-3-4-10(18)6-11(19)5-9/h7,9-11,19H,3-6H2,1-2H3. The van der Waals surface area contributed by atoms with Crippen molar-refractivity contribution in [2.24, 2.45) is 7.05 Å². The molecule has 0 radical (unpaired) electrons. The maximum Gasteiger partial charge on any atom is 0.264 e. The molecule has 2 atom stereocenters. The highest BCUT2D eigenvalue weighted by atomic mass is 32.1. The van der Waals surface area contributed by atoms with Crippen LogP contribution in [-0.2, 0) is 7.05 Å². The number of thiophene rings is 1. The van der Waals surface area contributed by atoms with Gasteiger partial charge in [0.2, 0.25) is 0 Å². The fraction of sp³-hybridized carbons (Fsp3) is 0.600. The van der Waals surface area contributed by atoms with Crippen molar-refractivity contribution in [2.45, 2.75) is 50.8 Å². The number of hydrogen-bond donors (Lipinski definition) is 1. The minimum atomic E-state index is -0.236. The molecule has 4 heterocycles. The van der Waals surface area contributed by atoms with E-state index in [2.05, 4.69) is 5.10 Å². The summed E-state index contributed by atoms with van der Waals surface area (Å²) < 4.78 is 1.85. The Hall–Kier alpha value is -1.40. The average molecular weight is 305 g/mol. The summed E-state index contributed by atoms with van der Waals surface area (Å²) in [7, 11) is 1.92. The molecular weight excluding hydrogens is 286 g/mol. The number of amides is 1. The molecule has 2 unspecified atom stereocenters. The lowest BCUT2D eigenvalue weighted by Gasteiger charge is -2.36. The predicted molar refractivity (Wildman–Crippen MR) is 81.5 cm³/mol. The maximum atomic E-state index is 12.9. The molecular formula is C15H19N3O2S. The molecule has 21 heavy (non-hydrogen) atoms. The van der Waals surface area contributed by atoms with Crippen molar-refractivity contribution in [1.29, 1.82) is 0 Å². The summed E-state index contributed by atoms with van der Waals surface area (Å²) in [5, 5.41) is 15.3. The van der Waals surface area contributed by atoms with Crippen LogP contribution in [0, 0.1) is 6.92 Å². The first-order valence-corrected chi connectivity index (χ1v) is 8.30. The van der Waals surface area contributed by atoms with Gasteiger partial charge in [-0.25, -0.2) is 0 Å². The van der Waals surface area contributed by atoms with Crippen molar-refractivity contribution in [3.63, 3.8) is 0 Å². The van der Waals surface area contributed by atoms with E-state index in [1.807, 2.05) is 29.6 Å². The first-order valence-electron chi connectivity index (χ1n) is 7.48. The molecule has 2 aliphatic heterocycles. The fourth-order valence-corrected chi connectivity index (χ4v) is 4.99. The summed E-state index contributed by atoms with van der Waals surface area (Å²) in [6, 6.07) is 2.42. The number of aliphatic hydroxyl groups is 1. The SMILES string of the molecule is Cc1nn(C)c2sc(C(=O)N3C4CCC3CC(O)C4)cc12. The van der Waals surface area contributed by atoms with Crippen LogP contribution in [-0.4, -0.2) is 43.9 Å². The topological polar surface area (TPSA) is 58.4 Å². The molecule has 1 amide bonds. The van der Waals surface area contributed by atoms with Crippen molar-refractivity contribution in [3.05, 3.63) is 16.6 Å². The summed E-state index contributed by atoms with van der Waals surface area (Å²) >= 11 is 1.53. The zero-order chi connectivity index (χ0) is 14.7. The molecule has 2 saturated heterocycles. The lowest BCUT2D eigenvalue weighted by Crippen LogP contribution is -2.47. The van der Waals surface area contributed by atoms with Crippen molar-refractivity contribution in [1.82, 2.24) is 14.7 Å². The van der Waals surface area contributed by atoms with Gasteiger partial charge >= 0.3 is 0 Å². The lowest BCUT2D eigenvalue weighted by molar-refractivity contribution is 0.0290. The normalized spacial score (nSPS) is 28.5. The van der Waals surface area contributed by atoms with E-state index in [1.54, 1.807) is 0 Å². The van der Waals surface area contributed by atoms with Gasteiger partial charge in [0.15, 0.2) is 0 Å². The molecule has 5 nitrogen and oxygen atoms in total. The summed E-state index contributed by atoms with van der Waals surface area (Å²) in [4.78, 5) is 16.8. The van der Waals surface area contributed by atoms with Crippen LogP contribution in [0.25, 0.3) is 10.2 Å². The Kier molecular flexibility index (Phi) is 2.87. The van der Waals surface area contributed by atoms with Gasteiger partial charge in [-0.2, -0.15) is 5.10 Å². The van der Waals surface area contributed by atoms with Crippen LogP contribution in [0.5, 0.6) is 0 Å². The van der Waals surface area contributed by atoms with E-state index in [0.29, 0.717) is 0 Å². The van der Waals surface area contributed by atoms with Crippen LogP contribution in [0.15, 0.2) is 6.07 Å². The van der Waals surface area contributed by atoms with Crippen LogP contribution in [0.4, 0.5) is 0 Å². The molecule has 0 aliphatic carbocycles. The Balaban J connectivity index is 1.69. The third kappa shape index (κ3) is 1.92. The van der Waals surface area contributed by atoms with E-state index in [9.17, 15) is 9.90 Å². The summed E-state index contributed by atoms with van der Waals surface area (Å²) in [6.07, 6.45) is 3.28. The molecule has 2 fully saturated rings. The molecule has 112 valence electrons. The van der Waals surface area contributed by atoms with E-state index in [4.69, 9.17) is 0 Å². The fourth-order valence-electron chi connectivity index (χ4n) is 3.92. The Morgan fingerprint density at radius 3 is 2.67 bits per heavy atom. The van der Waals surface area contributed by atoms with E-state index >= 15 is 0 Å².